The van der Waals surface area contributed by atoms with Crippen LogP contribution in [0, 0.1) is 5.92 Å². The molecule has 2 aliphatic rings. The summed E-state index contributed by atoms with van der Waals surface area (Å²) in [5.74, 6) is 0.452. The lowest BCUT2D eigenvalue weighted by Gasteiger charge is -2.42. The van der Waals surface area contributed by atoms with Crippen LogP contribution >= 0.6 is 23.2 Å². The van der Waals surface area contributed by atoms with Crippen molar-refractivity contribution in [3.63, 3.8) is 0 Å². The predicted molar refractivity (Wildman–Crippen MR) is 125 cm³/mol. The summed E-state index contributed by atoms with van der Waals surface area (Å²) in [6.07, 6.45) is 5.50. The molecular weight excluding hydrogens is 421 g/mol. The molecule has 0 aromatic heterocycles. The summed E-state index contributed by atoms with van der Waals surface area (Å²) in [4.78, 5) is 16.9. The van der Waals surface area contributed by atoms with E-state index in [2.05, 4.69) is 28.1 Å². The average molecular weight is 456 g/mol. The van der Waals surface area contributed by atoms with Gasteiger partial charge < -0.3 is 15.3 Å². The fraction of sp³-hybridized carbons (Fsp3) is 0.696. The Labute approximate surface area is 190 Å². The van der Waals surface area contributed by atoms with Gasteiger partial charge in [-0.3, -0.25) is 9.69 Å². The van der Waals surface area contributed by atoms with Gasteiger partial charge in [0.25, 0.3) is 5.91 Å². The molecule has 2 fully saturated rings. The number of halogens is 2. The minimum Gasteiger partial charge on any atom is -0.381 e. The van der Waals surface area contributed by atoms with Gasteiger partial charge in [0, 0.05) is 31.7 Å². The molecule has 1 amide bonds. The molecule has 1 atom stereocenters. The molecule has 1 heterocycles. The Morgan fingerprint density at radius 2 is 1.90 bits per heavy atom. The van der Waals surface area contributed by atoms with Crippen molar-refractivity contribution >= 4 is 34.8 Å². The van der Waals surface area contributed by atoms with Crippen molar-refractivity contribution in [2.75, 3.05) is 31.1 Å². The summed E-state index contributed by atoms with van der Waals surface area (Å²) >= 11 is 12.6. The summed E-state index contributed by atoms with van der Waals surface area (Å²) in [5, 5.41) is 14.1. The monoisotopic (exact) mass is 455 g/mol. The van der Waals surface area contributed by atoms with Crippen molar-refractivity contribution in [1.29, 1.82) is 0 Å². The SMILES string of the molecule is CC1CN(CCC2CCC(NC(=O)C(C)(C)O)CC2)CCN1c1cccc(Cl)c1Cl. The van der Waals surface area contributed by atoms with Crippen molar-refractivity contribution in [1.82, 2.24) is 10.2 Å². The molecule has 2 N–H and O–H groups in total. The van der Waals surface area contributed by atoms with E-state index in [0.29, 0.717) is 16.1 Å². The normalized spacial score (nSPS) is 25.9. The molecule has 30 heavy (non-hydrogen) atoms. The van der Waals surface area contributed by atoms with E-state index in [9.17, 15) is 9.90 Å². The Hall–Kier alpha value is -1.01. The number of nitrogens with zero attached hydrogens (tertiary/aromatic N) is 2. The highest BCUT2D eigenvalue weighted by Crippen LogP contribution is 2.34. The lowest BCUT2D eigenvalue weighted by Crippen LogP contribution is -2.52. The molecule has 0 bridgehead atoms. The van der Waals surface area contributed by atoms with Gasteiger partial charge in [-0.15, -0.1) is 0 Å². The molecule has 0 spiro atoms. The number of carbonyl (C=O) groups excluding carboxylic acids is 1. The Morgan fingerprint density at radius 3 is 2.53 bits per heavy atom. The highest BCUT2D eigenvalue weighted by molar-refractivity contribution is 6.43. The Morgan fingerprint density at radius 1 is 1.20 bits per heavy atom. The van der Waals surface area contributed by atoms with E-state index in [0.717, 1.165) is 63.5 Å². The lowest BCUT2D eigenvalue weighted by molar-refractivity contribution is -0.137. The zero-order chi connectivity index (χ0) is 21.9. The van der Waals surface area contributed by atoms with Crippen LogP contribution in [-0.2, 0) is 4.79 Å². The second kappa shape index (κ2) is 10.1. The third-order valence-corrected chi connectivity index (χ3v) is 7.35. The van der Waals surface area contributed by atoms with E-state index in [1.807, 2.05) is 12.1 Å². The predicted octanol–water partition coefficient (Wildman–Crippen LogP) is 4.34. The number of piperazine rings is 1. The smallest absolute Gasteiger partial charge is 0.251 e. The van der Waals surface area contributed by atoms with E-state index in [1.165, 1.54) is 20.3 Å². The number of rotatable bonds is 6. The number of benzene rings is 1. The Balaban J connectivity index is 1.41. The summed E-state index contributed by atoms with van der Waals surface area (Å²) in [5.41, 5.74) is -0.270. The van der Waals surface area contributed by atoms with Crippen LogP contribution in [0.2, 0.25) is 10.0 Å². The van der Waals surface area contributed by atoms with Crippen molar-refractivity contribution in [2.24, 2.45) is 5.92 Å². The Kier molecular flexibility index (Phi) is 7.94. The van der Waals surface area contributed by atoms with Gasteiger partial charge in [-0.25, -0.2) is 0 Å². The van der Waals surface area contributed by atoms with Gasteiger partial charge >= 0.3 is 0 Å². The second-order valence-electron chi connectivity index (χ2n) is 9.45. The summed E-state index contributed by atoms with van der Waals surface area (Å²) in [7, 11) is 0. The van der Waals surface area contributed by atoms with Crippen LogP contribution in [0.4, 0.5) is 5.69 Å². The van der Waals surface area contributed by atoms with Gasteiger partial charge in [-0.1, -0.05) is 29.3 Å². The maximum Gasteiger partial charge on any atom is 0.251 e. The topological polar surface area (TPSA) is 55.8 Å². The Bertz CT molecular complexity index is 730. The third-order valence-electron chi connectivity index (χ3n) is 6.54. The van der Waals surface area contributed by atoms with Crippen molar-refractivity contribution < 1.29 is 9.90 Å². The molecule has 3 rings (SSSR count). The fourth-order valence-electron chi connectivity index (χ4n) is 4.63. The zero-order valence-electron chi connectivity index (χ0n) is 18.3. The van der Waals surface area contributed by atoms with Crippen LogP contribution in [0.15, 0.2) is 18.2 Å². The number of hydrogen-bond donors (Lipinski definition) is 2. The standard InChI is InChI=1S/C23H35Cl2N3O2/c1-16-15-27(13-14-28(16)20-6-4-5-19(24)21(20)25)12-11-17-7-9-18(10-8-17)26-22(29)23(2,3)30/h4-6,16-18,30H,7-15H2,1-3H3,(H,26,29). The minimum atomic E-state index is -1.30. The lowest BCUT2D eigenvalue weighted by atomic mass is 9.83. The fourth-order valence-corrected chi connectivity index (χ4v) is 5.03. The highest BCUT2D eigenvalue weighted by Gasteiger charge is 2.30. The van der Waals surface area contributed by atoms with Gasteiger partial charge in [0.1, 0.15) is 5.60 Å². The van der Waals surface area contributed by atoms with Crippen LogP contribution < -0.4 is 10.2 Å². The van der Waals surface area contributed by atoms with Crippen LogP contribution in [0.25, 0.3) is 0 Å². The van der Waals surface area contributed by atoms with Crippen LogP contribution in [-0.4, -0.2) is 59.8 Å². The second-order valence-corrected chi connectivity index (χ2v) is 10.2. The van der Waals surface area contributed by atoms with Crippen LogP contribution in [0.5, 0.6) is 0 Å². The van der Waals surface area contributed by atoms with Crippen LogP contribution in [0.1, 0.15) is 52.9 Å². The van der Waals surface area contributed by atoms with E-state index in [4.69, 9.17) is 23.2 Å². The maximum absolute atomic E-state index is 12.0. The van der Waals surface area contributed by atoms with Crippen LogP contribution in [0.3, 0.4) is 0 Å². The molecule has 5 nitrogen and oxygen atoms in total. The molecule has 1 unspecified atom stereocenters. The number of carbonyl (C=O) groups is 1. The number of nitrogens with one attached hydrogen (secondary N) is 1. The number of aliphatic hydroxyl groups is 1. The number of anilines is 1. The average Bonchev–Trinajstić information content (AvgIpc) is 2.69. The minimum absolute atomic E-state index is 0.200. The van der Waals surface area contributed by atoms with Gasteiger partial charge in [-0.05, 0) is 77.5 Å². The molecule has 7 heteroatoms. The first-order chi connectivity index (χ1) is 14.1. The third kappa shape index (κ3) is 6.03. The number of amides is 1. The van der Waals surface area contributed by atoms with E-state index < -0.39 is 5.60 Å². The molecule has 0 radical (unpaired) electrons. The first-order valence-electron chi connectivity index (χ1n) is 11.1. The zero-order valence-corrected chi connectivity index (χ0v) is 19.8. The van der Waals surface area contributed by atoms with Crippen molar-refractivity contribution in [2.45, 2.75) is 70.6 Å². The van der Waals surface area contributed by atoms with E-state index >= 15 is 0 Å². The van der Waals surface area contributed by atoms with E-state index in [1.54, 1.807) is 0 Å². The largest absolute Gasteiger partial charge is 0.381 e. The van der Waals surface area contributed by atoms with Gasteiger partial charge in [0.05, 0.1) is 15.7 Å². The quantitative estimate of drug-likeness (QED) is 0.669. The molecular formula is C23H35Cl2N3O2. The van der Waals surface area contributed by atoms with Gasteiger partial charge in [-0.2, -0.15) is 0 Å². The summed E-state index contributed by atoms with van der Waals surface area (Å²) in [6, 6.07) is 6.44. The molecule has 1 saturated carbocycles. The molecule has 1 aliphatic heterocycles. The van der Waals surface area contributed by atoms with Gasteiger partial charge in [0.15, 0.2) is 0 Å². The highest BCUT2D eigenvalue weighted by atomic mass is 35.5. The first-order valence-corrected chi connectivity index (χ1v) is 11.9. The summed E-state index contributed by atoms with van der Waals surface area (Å²) in [6.45, 7) is 9.46. The molecule has 1 aromatic rings. The molecule has 1 saturated heterocycles. The maximum atomic E-state index is 12.0. The van der Waals surface area contributed by atoms with E-state index in [-0.39, 0.29) is 11.9 Å². The molecule has 168 valence electrons. The van der Waals surface area contributed by atoms with Crippen molar-refractivity contribution in [3.05, 3.63) is 28.2 Å². The first kappa shape index (κ1) is 23.6. The summed E-state index contributed by atoms with van der Waals surface area (Å²) < 4.78 is 0. The molecule has 1 aliphatic carbocycles. The van der Waals surface area contributed by atoms with Crippen molar-refractivity contribution in [3.8, 4) is 0 Å². The number of hydrogen-bond acceptors (Lipinski definition) is 4. The van der Waals surface area contributed by atoms with Gasteiger partial charge in [0.2, 0.25) is 0 Å². The molecule has 1 aromatic carbocycles.